The largest absolute Gasteiger partial charge is 0.381 e. The van der Waals surface area contributed by atoms with Crippen molar-refractivity contribution in [2.45, 2.75) is 20.4 Å². The maximum absolute atomic E-state index is 13.9. The molecule has 0 aromatic heterocycles. The lowest BCUT2D eigenvalue weighted by atomic mass is 10.1. The molecular weight excluding hydrogens is 239 g/mol. The van der Waals surface area contributed by atoms with Crippen LogP contribution >= 0.6 is 0 Å². The van der Waals surface area contributed by atoms with E-state index in [-0.39, 0.29) is 5.56 Å². The maximum atomic E-state index is 13.9. The Hall–Kier alpha value is -2.34. The average Bonchev–Trinajstić information content (AvgIpc) is 2.41. The van der Waals surface area contributed by atoms with E-state index in [4.69, 9.17) is 5.26 Å². The first-order valence-electron chi connectivity index (χ1n) is 6.10. The summed E-state index contributed by atoms with van der Waals surface area (Å²) in [4.78, 5) is 0. The minimum absolute atomic E-state index is 0.0828. The summed E-state index contributed by atoms with van der Waals surface area (Å²) in [5, 5.41) is 12.0. The molecule has 0 aliphatic heterocycles. The molecule has 0 amide bonds. The second-order valence-corrected chi connectivity index (χ2v) is 4.54. The Kier molecular flexibility index (Phi) is 3.82. The van der Waals surface area contributed by atoms with E-state index in [1.807, 2.05) is 31.2 Å². The quantitative estimate of drug-likeness (QED) is 0.900. The van der Waals surface area contributed by atoms with Crippen LogP contribution in [-0.2, 0) is 6.54 Å². The van der Waals surface area contributed by atoms with Gasteiger partial charge in [-0.05, 0) is 43.2 Å². The van der Waals surface area contributed by atoms with Gasteiger partial charge in [-0.15, -0.1) is 0 Å². The fourth-order valence-electron chi connectivity index (χ4n) is 1.85. The molecule has 19 heavy (non-hydrogen) atoms. The Morgan fingerprint density at radius 1 is 1.16 bits per heavy atom. The van der Waals surface area contributed by atoms with E-state index in [1.165, 1.54) is 17.2 Å². The number of nitrogens with zero attached hydrogens (tertiary/aromatic N) is 1. The highest BCUT2D eigenvalue weighted by Crippen LogP contribution is 2.17. The van der Waals surface area contributed by atoms with E-state index < -0.39 is 5.82 Å². The van der Waals surface area contributed by atoms with Crippen molar-refractivity contribution in [3.63, 3.8) is 0 Å². The number of hydrogen-bond acceptors (Lipinski definition) is 2. The van der Waals surface area contributed by atoms with Crippen LogP contribution in [0, 0.1) is 31.0 Å². The minimum atomic E-state index is -0.443. The van der Waals surface area contributed by atoms with Crippen molar-refractivity contribution in [3.8, 4) is 6.07 Å². The van der Waals surface area contributed by atoms with Gasteiger partial charge in [-0.3, -0.25) is 0 Å². The predicted octanol–water partition coefficient (Wildman–Crippen LogP) is 3.93. The van der Waals surface area contributed by atoms with Gasteiger partial charge in [-0.2, -0.15) is 5.26 Å². The number of rotatable bonds is 3. The summed E-state index contributed by atoms with van der Waals surface area (Å²) < 4.78 is 13.9. The van der Waals surface area contributed by atoms with Crippen molar-refractivity contribution >= 4 is 5.69 Å². The summed E-state index contributed by atoms with van der Waals surface area (Å²) in [5.41, 5.74) is 3.95. The van der Waals surface area contributed by atoms with Crippen LogP contribution in [0.15, 0.2) is 36.4 Å². The van der Waals surface area contributed by atoms with Gasteiger partial charge in [0, 0.05) is 17.8 Å². The summed E-state index contributed by atoms with van der Waals surface area (Å²) in [6, 6.07) is 12.7. The number of aryl methyl sites for hydroxylation is 2. The molecule has 0 saturated heterocycles. The van der Waals surface area contributed by atoms with Crippen LogP contribution in [0.3, 0.4) is 0 Å². The Bertz CT molecular complexity index is 642. The third kappa shape index (κ3) is 2.92. The van der Waals surface area contributed by atoms with Crippen LogP contribution < -0.4 is 5.32 Å². The zero-order chi connectivity index (χ0) is 13.8. The van der Waals surface area contributed by atoms with E-state index in [0.29, 0.717) is 12.1 Å². The topological polar surface area (TPSA) is 35.8 Å². The molecule has 0 aliphatic rings. The van der Waals surface area contributed by atoms with Gasteiger partial charge in [-0.1, -0.05) is 18.2 Å². The molecule has 2 aromatic rings. The first kappa shape index (κ1) is 13.1. The molecule has 0 spiro atoms. The molecule has 0 radical (unpaired) electrons. The molecule has 0 saturated carbocycles. The molecule has 0 heterocycles. The molecule has 0 unspecified atom stereocenters. The predicted molar refractivity (Wildman–Crippen MR) is 74.4 cm³/mol. The first-order chi connectivity index (χ1) is 9.11. The normalized spacial score (nSPS) is 10.0. The van der Waals surface area contributed by atoms with E-state index in [9.17, 15) is 4.39 Å². The van der Waals surface area contributed by atoms with Crippen LogP contribution in [0.1, 0.15) is 22.3 Å². The van der Waals surface area contributed by atoms with E-state index in [1.54, 1.807) is 12.1 Å². The number of nitriles is 1. The van der Waals surface area contributed by atoms with Crippen LogP contribution in [0.2, 0.25) is 0 Å². The van der Waals surface area contributed by atoms with E-state index in [0.717, 1.165) is 5.69 Å². The molecule has 2 aromatic carbocycles. The summed E-state index contributed by atoms with van der Waals surface area (Å²) >= 11 is 0. The van der Waals surface area contributed by atoms with Gasteiger partial charge in [0.2, 0.25) is 0 Å². The molecule has 3 heteroatoms. The highest BCUT2D eigenvalue weighted by molar-refractivity contribution is 5.49. The monoisotopic (exact) mass is 254 g/mol. The van der Waals surface area contributed by atoms with E-state index in [2.05, 4.69) is 12.2 Å². The van der Waals surface area contributed by atoms with Crippen molar-refractivity contribution in [2.75, 3.05) is 5.32 Å². The van der Waals surface area contributed by atoms with Gasteiger partial charge in [-0.25, -0.2) is 4.39 Å². The average molecular weight is 254 g/mol. The number of anilines is 1. The fraction of sp³-hybridized carbons (Fsp3) is 0.188. The van der Waals surface area contributed by atoms with Gasteiger partial charge in [0.15, 0.2) is 0 Å². The molecule has 0 bridgehead atoms. The van der Waals surface area contributed by atoms with Crippen LogP contribution in [-0.4, -0.2) is 0 Å². The van der Waals surface area contributed by atoms with Gasteiger partial charge in [0.1, 0.15) is 11.9 Å². The molecular formula is C16H15FN2. The molecule has 96 valence electrons. The van der Waals surface area contributed by atoms with Gasteiger partial charge in [0.05, 0.1) is 5.56 Å². The van der Waals surface area contributed by atoms with Crippen LogP contribution in [0.25, 0.3) is 0 Å². The zero-order valence-electron chi connectivity index (χ0n) is 11.0. The third-order valence-electron chi connectivity index (χ3n) is 3.19. The molecule has 2 nitrogen and oxygen atoms in total. The molecule has 0 fully saturated rings. The lowest BCUT2D eigenvalue weighted by Crippen LogP contribution is -2.03. The number of nitrogens with one attached hydrogen (secondary N) is 1. The first-order valence-corrected chi connectivity index (χ1v) is 6.10. The second kappa shape index (κ2) is 5.53. The Morgan fingerprint density at radius 3 is 2.63 bits per heavy atom. The standard InChI is InChI=1S/C16H15FN2/c1-11-6-7-15(8-12(11)2)19-10-14-5-3-4-13(9-18)16(14)17/h3-8,19H,10H2,1-2H3. The Morgan fingerprint density at radius 2 is 1.95 bits per heavy atom. The SMILES string of the molecule is Cc1ccc(NCc2cccc(C#N)c2F)cc1C. The third-order valence-corrected chi connectivity index (χ3v) is 3.19. The fourth-order valence-corrected chi connectivity index (χ4v) is 1.85. The van der Waals surface area contributed by atoms with Crippen LogP contribution in [0.5, 0.6) is 0 Å². The summed E-state index contributed by atoms with van der Waals surface area (Å²) in [7, 11) is 0. The van der Waals surface area contributed by atoms with Crippen molar-refractivity contribution in [1.82, 2.24) is 0 Å². The minimum Gasteiger partial charge on any atom is -0.381 e. The Labute approximate surface area is 112 Å². The molecule has 0 atom stereocenters. The van der Waals surface area contributed by atoms with Gasteiger partial charge < -0.3 is 5.32 Å². The van der Waals surface area contributed by atoms with Gasteiger partial charge in [0.25, 0.3) is 0 Å². The molecule has 1 N–H and O–H groups in total. The number of hydrogen-bond donors (Lipinski definition) is 1. The molecule has 0 aliphatic carbocycles. The van der Waals surface area contributed by atoms with Crippen molar-refractivity contribution in [1.29, 1.82) is 5.26 Å². The Balaban J connectivity index is 2.15. The smallest absolute Gasteiger partial charge is 0.145 e. The number of benzene rings is 2. The van der Waals surface area contributed by atoms with Crippen molar-refractivity contribution < 1.29 is 4.39 Å². The zero-order valence-corrected chi connectivity index (χ0v) is 11.0. The van der Waals surface area contributed by atoms with Crippen molar-refractivity contribution in [3.05, 3.63) is 64.5 Å². The van der Waals surface area contributed by atoms with Gasteiger partial charge >= 0.3 is 0 Å². The molecule has 2 rings (SSSR count). The number of halogens is 1. The van der Waals surface area contributed by atoms with E-state index >= 15 is 0 Å². The van der Waals surface area contributed by atoms with Crippen molar-refractivity contribution in [2.24, 2.45) is 0 Å². The maximum Gasteiger partial charge on any atom is 0.145 e. The van der Waals surface area contributed by atoms with Crippen LogP contribution in [0.4, 0.5) is 10.1 Å². The summed E-state index contributed by atoms with van der Waals surface area (Å²) in [5.74, 6) is -0.443. The summed E-state index contributed by atoms with van der Waals surface area (Å²) in [6.07, 6.45) is 0. The second-order valence-electron chi connectivity index (χ2n) is 4.54. The highest BCUT2D eigenvalue weighted by Gasteiger charge is 2.07. The lowest BCUT2D eigenvalue weighted by molar-refractivity contribution is 0.609. The summed E-state index contributed by atoms with van der Waals surface area (Å²) in [6.45, 7) is 4.45. The highest BCUT2D eigenvalue weighted by atomic mass is 19.1. The lowest BCUT2D eigenvalue weighted by Gasteiger charge is -2.10.